The van der Waals surface area contributed by atoms with Crippen molar-refractivity contribution < 1.29 is 55.7 Å². The number of aromatic nitrogens is 2. The maximum Gasteiger partial charge on any atom is 0.490 e. The molecule has 0 bridgehead atoms. The molecule has 0 spiro atoms. The first-order valence-electron chi connectivity index (χ1n) is 16.6. The molecule has 2 amide bonds. The highest BCUT2D eigenvalue weighted by Crippen LogP contribution is 2.27. The Balaban J connectivity index is 0.000000657. The lowest BCUT2D eigenvalue weighted by molar-refractivity contribution is -0.193. The van der Waals surface area contributed by atoms with Crippen LogP contribution in [0.4, 0.5) is 43.5 Å². The lowest BCUT2D eigenvalue weighted by Crippen LogP contribution is -2.37. The van der Waals surface area contributed by atoms with Gasteiger partial charge < -0.3 is 42.9 Å². The second-order valence-corrected chi connectivity index (χ2v) is 12.4. The molecule has 56 heavy (non-hydrogen) atoms. The van der Waals surface area contributed by atoms with Crippen molar-refractivity contribution in [2.45, 2.75) is 58.0 Å². The average Bonchev–Trinajstić information content (AvgIpc) is 3.10. The fourth-order valence-electron chi connectivity index (χ4n) is 4.84. The van der Waals surface area contributed by atoms with E-state index in [0.717, 1.165) is 24.9 Å². The Morgan fingerprint density at radius 2 is 1.61 bits per heavy atom. The van der Waals surface area contributed by atoms with Gasteiger partial charge in [0.1, 0.15) is 12.4 Å². The number of hydrogen-bond acceptors (Lipinski definition) is 10. The molecule has 2 heterocycles. The summed E-state index contributed by atoms with van der Waals surface area (Å²) in [6.07, 6.45) is -6.33. The monoisotopic (exact) mass is 801 g/mol. The molecule has 1 fully saturated rings. The summed E-state index contributed by atoms with van der Waals surface area (Å²) in [7, 11) is 0. The van der Waals surface area contributed by atoms with Gasteiger partial charge in [-0.1, -0.05) is 24.3 Å². The second-order valence-electron chi connectivity index (χ2n) is 12.4. The number of anilines is 3. The van der Waals surface area contributed by atoms with Crippen LogP contribution in [0.3, 0.4) is 0 Å². The number of carbonyl (C=O) groups is 4. The molecule has 1 aromatic heterocycles. The van der Waals surface area contributed by atoms with Crippen molar-refractivity contribution in [1.82, 2.24) is 20.2 Å². The van der Waals surface area contributed by atoms with Gasteiger partial charge in [-0.25, -0.2) is 14.6 Å². The first-order chi connectivity index (χ1) is 26.0. The highest BCUT2D eigenvalue weighted by atomic mass is 19.4. The summed E-state index contributed by atoms with van der Waals surface area (Å²) in [6, 6.07) is 12.3. The van der Waals surface area contributed by atoms with Gasteiger partial charge in [0.25, 0.3) is 5.56 Å². The minimum Gasteiger partial charge on any atom is -0.475 e. The molecule has 0 aliphatic carbocycles. The Bertz CT molecular complexity index is 1890. The van der Waals surface area contributed by atoms with E-state index < -0.39 is 29.9 Å². The third-order valence-electron chi connectivity index (χ3n) is 7.45. The largest absolute Gasteiger partial charge is 0.490 e. The molecular weight excluding hydrogens is 760 g/mol. The molecule has 1 saturated heterocycles. The third kappa shape index (κ3) is 15.3. The number of nitrogens with zero attached hydrogens (tertiary/aromatic N) is 2. The quantitative estimate of drug-likeness (QED) is 0.0586. The number of amidine groups is 1. The molecule has 2 aromatic carbocycles. The minimum atomic E-state index is -5.08. The third-order valence-corrected chi connectivity index (χ3v) is 7.45. The number of rotatable bonds is 11. The van der Waals surface area contributed by atoms with E-state index in [2.05, 4.69) is 26.3 Å². The Labute approximate surface area is 315 Å². The maximum absolute atomic E-state index is 13.5. The molecule has 0 saturated carbocycles. The molecule has 0 radical (unpaired) electrons. The van der Waals surface area contributed by atoms with E-state index in [1.54, 1.807) is 30.3 Å². The Hall–Kier alpha value is -6.19. The number of amides is 2. The van der Waals surface area contributed by atoms with Crippen LogP contribution in [0.15, 0.2) is 53.5 Å². The van der Waals surface area contributed by atoms with Gasteiger partial charge >= 0.3 is 24.3 Å². The first kappa shape index (κ1) is 46.0. The van der Waals surface area contributed by atoms with Crippen LogP contribution in [-0.4, -0.2) is 87.4 Å². The average molecular weight is 802 g/mol. The number of benzene rings is 2. The highest BCUT2D eigenvalue weighted by molar-refractivity contribution is 5.95. The number of alkyl halides is 6. The fourth-order valence-corrected chi connectivity index (χ4v) is 4.84. The predicted octanol–water partition coefficient (Wildman–Crippen LogP) is 3.16. The van der Waals surface area contributed by atoms with E-state index in [0.29, 0.717) is 47.7 Å². The van der Waals surface area contributed by atoms with Crippen molar-refractivity contribution in [3.8, 4) is 11.3 Å². The number of carboxylic acid groups (broad SMARTS) is 2. The van der Waals surface area contributed by atoms with Gasteiger partial charge in [-0.15, -0.1) is 0 Å². The molecule has 22 heteroatoms. The maximum atomic E-state index is 13.5. The molecule has 11 N–H and O–H groups in total. The summed E-state index contributed by atoms with van der Waals surface area (Å²) in [5, 5.41) is 33.9. The number of piperidine rings is 1. The summed E-state index contributed by atoms with van der Waals surface area (Å²) in [4.78, 5) is 61.5. The lowest BCUT2D eigenvalue weighted by atomic mass is 9.98. The minimum absolute atomic E-state index is 0.00373. The summed E-state index contributed by atoms with van der Waals surface area (Å²) in [5.74, 6) is -5.96. The number of nitrogen functional groups attached to an aromatic ring is 2. The Morgan fingerprint density at radius 3 is 2.11 bits per heavy atom. The smallest absolute Gasteiger partial charge is 0.475 e. The van der Waals surface area contributed by atoms with Gasteiger partial charge in [0.05, 0.1) is 17.8 Å². The van der Waals surface area contributed by atoms with Crippen LogP contribution >= 0.6 is 0 Å². The van der Waals surface area contributed by atoms with Gasteiger partial charge in [0.15, 0.2) is 5.82 Å². The van der Waals surface area contributed by atoms with Crippen molar-refractivity contribution >= 4 is 46.8 Å². The van der Waals surface area contributed by atoms with Gasteiger partial charge in [-0.3, -0.25) is 24.4 Å². The number of hydrogen-bond donors (Lipinski definition) is 9. The topological polar surface area (TPSA) is 268 Å². The summed E-state index contributed by atoms with van der Waals surface area (Å²) < 4.78 is 64.8. The number of halogens is 6. The molecule has 1 unspecified atom stereocenters. The second kappa shape index (κ2) is 20.5. The van der Waals surface area contributed by atoms with Crippen molar-refractivity contribution in [2.24, 2.45) is 11.7 Å². The Kier molecular flexibility index (Phi) is 16.8. The van der Waals surface area contributed by atoms with Crippen LogP contribution in [0.5, 0.6) is 0 Å². The van der Waals surface area contributed by atoms with Gasteiger partial charge in [0.2, 0.25) is 11.8 Å². The van der Waals surface area contributed by atoms with Crippen molar-refractivity contribution in [2.75, 3.05) is 36.0 Å². The first-order valence-corrected chi connectivity index (χ1v) is 16.6. The van der Waals surface area contributed by atoms with E-state index in [1.807, 2.05) is 26.0 Å². The SMILES string of the molecule is CC(C)Nc1ncc(-c2cc(N)cc(NC(=O)C3CCCNC3)c2)n(CC(=O)NCCc2ccc(C(=N)N)cc2)c1=O.O=C(O)C(F)(F)F.O=C(O)C(F)(F)F. The van der Waals surface area contributed by atoms with Crippen LogP contribution in [0.2, 0.25) is 0 Å². The van der Waals surface area contributed by atoms with Crippen LogP contribution in [-0.2, 0) is 32.1 Å². The van der Waals surface area contributed by atoms with E-state index in [4.69, 9.17) is 36.7 Å². The molecular formula is C34H41F6N9O7. The van der Waals surface area contributed by atoms with E-state index in [-0.39, 0.29) is 42.0 Å². The van der Waals surface area contributed by atoms with Crippen LogP contribution in [0.1, 0.15) is 37.8 Å². The zero-order valence-corrected chi connectivity index (χ0v) is 30.0. The summed E-state index contributed by atoms with van der Waals surface area (Å²) in [6.45, 7) is 5.42. The number of nitrogens with one attached hydrogen (secondary N) is 5. The van der Waals surface area contributed by atoms with E-state index >= 15 is 0 Å². The summed E-state index contributed by atoms with van der Waals surface area (Å²) in [5.41, 5.74) is 14.7. The number of aliphatic carboxylic acids is 2. The molecule has 4 rings (SSSR count). The van der Waals surface area contributed by atoms with Gasteiger partial charge in [-0.2, -0.15) is 26.3 Å². The van der Waals surface area contributed by atoms with Crippen LogP contribution in [0, 0.1) is 11.3 Å². The van der Waals surface area contributed by atoms with Gasteiger partial charge in [0, 0.05) is 41.6 Å². The lowest BCUT2D eigenvalue weighted by Gasteiger charge is -2.22. The predicted molar refractivity (Wildman–Crippen MR) is 193 cm³/mol. The number of carbonyl (C=O) groups excluding carboxylic acids is 2. The van der Waals surface area contributed by atoms with E-state index in [9.17, 15) is 40.7 Å². The highest BCUT2D eigenvalue weighted by Gasteiger charge is 2.39. The van der Waals surface area contributed by atoms with Crippen LogP contribution < -0.4 is 38.3 Å². The summed E-state index contributed by atoms with van der Waals surface area (Å²) >= 11 is 0. The van der Waals surface area contributed by atoms with Crippen molar-refractivity contribution in [3.63, 3.8) is 0 Å². The Morgan fingerprint density at radius 1 is 1.02 bits per heavy atom. The van der Waals surface area contributed by atoms with Gasteiger partial charge in [-0.05, 0) is 63.4 Å². The van der Waals surface area contributed by atoms with Crippen LogP contribution in [0.25, 0.3) is 11.3 Å². The normalized spacial score (nSPS) is 13.9. The molecule has 1 atom stereocenters. The fraction of sp³-hybridized carbons (Fsp3) is 0.382. The van der Waals surface area contributed by atoms with E-state index in [1.165, 1.54) is 10.8 Å². The van der Waals surface area contributed by atoms with Crippen molar-refractivity contribution in [3.05, 3.63) is 70.1 Å². The molecule has 3 aromatic rings. The molecule has 16 nitrogen and oxygen atoms in total. The zero-order valence-electron chi connectivity index (χ0n) is 30.0. The molecule has 1 aliphatic heterocycles. The standard InChI is InChI=1S/C30H39N9O3.2C2HF3O2/c1-18(2)37-28-30(42)39(17-26(40)35-11-9-19-5-7-20(8-6-19)27(32)33)25(16-36-28)22-12-23(31)14-24(13-22)38-29(41)21-4-3-10-34-15-21;2*3-2(4,5)1(6)7/h5-8,12-14,16,18,21,34H,3-4,9-11,15,17,31H2,1-2H3,(H3,32,33)(H,35,40)(H,36,37)(H,38,41);2*(H,6,7). The zero-order chi connectivity index (χ0) is 42.4. The number of carboxylic acids is 2. The molecule has 1 aliphatic rings. The number of nitrogens with two attached hydrogens (primary N) is 2. The van der Waals surface area contributed by atoms with Crippen molar-refractivity contribution in [1.29, 1.82) is 5.41 Å². The molecule has 306 valence electrons.